The predicted molar refractivity (Wildman–Crippen MR) is 107 cm³/mol. The molecule has 2 fully saturated rings. The zero-order chi connectivity index (χ0) is 19.3. The molecule has 7 nitrogen and oxygen atoms in total. The summed E-state index contributed by atoms with van der Waals surface area (Å²) in [4.78, 5) is 26.2. The Kier molecular flexibility index (Phi) is 6.36. The molecule has 3 heterocycles. The number of carbonyl (C=O) groups excluding carboxylic acids is 1. The summed E-state index contributed by atoms with van der Waals surface area (Å²) >= 11 is 1.68. The molecule has 8 heteroatoms. The number of aromatic nitrogens is 3. The summed E-state index contributed by atoms with van der Waals surface area (Å²) in [6.07, 6.45) is 10.1. The Morgan fingerprint density at radius 1 is 1.21 bits per heavy atom. The van der Waals surface area contributed by atoms with Crippen LogP contribution in [0.25, 0.3) is 0 Å². The number of thiazole rings is 1. The van der Waals surface area contributed by atoms with E-state index in [2.05, 4.69) is 15.0 Å². The van der Waals surface area contributed by atoms with Crippen molar-refractivity contribution >= 4 is 17.2 Å². The number of hydrogen-bond donors (Lipinski definition) is 0. The quantitative estimate of drug-likeness (QED) is 0.734. The van der Waals surface area contributed by atoms with E-state index >= 15 is 0 Å². The summed E-state index contributed by atoms with van der Waals surface area (Å²) in [6, 6.07) is 0.411. The number of piperidine rings is 1. The summed E-state index contributed by atoms with van der Waals surface area (Å²) in [5.74, 6) is 2.20. The molecule has 28 heavy (non-hydrogen) atoms. The van der Waals surface area contributed by atoms with Crippen molar-refractivity contribution < 1.29 is 9.32 Å². The van der Waals surface area contributed by atoms with Crippen molar-refractivity contribution in [2.75, 3.05) is 13.1 Å². The van der Waals surface area contributed by atoms with E-state index < -0.39 is 0 Å². The molecule has 0 bridgehead atoms. The first-order chi connectivity index (χ1) is 13.7. The van der Waals surface area contributed by atoms with Gasteiger partial charge in [-0.3, -0.25) is 14.7 Å². The minimum Gasteiger partial charge on any atom is -0.343 e. The van der Waals surface area contributed by atoms with Gasteiger partial charge in [0.1, 0.15) is 0 Å². The number of amides is 1. The molecule has 1 amide bonds. The maximum Gasteiger partial charge on any atom is 0.229 e. The molecule has 1 aliphatic carbocycles. The molecular weight excluding hydrogens is 374 g/mol. The molecule has 0 spiro atoms. The molecule has 2 aromatic heterocycles. The Bertz CT molecular complexity index is 748. The van der Waals surface area contributed by atoms with Gasteiger partial charge in [0.2, 0.25) is 11.8 Å². The van der Waals surface area contributed by atoms with Gasteiger partial charge < -0.3 is 9.42 Å². The van der Waals surface area contributed by atoms with Gasteiger partial charge in [-0.2, -0.15) is 4.98 Å². The summed E-state index contributed by atoms with van der Waals surface area (Å²) in [5, 5.41) is 4.29. The summed E-state index contributed by atoms with van der Waals surface area (Å²) < 4.78 is 5.63. The molecule has 0 N–H and O–H groups in total. The molecule has 152 valence electrons. The number of rotatable bonds is 6. The van der Waals surface area contributed by atoms with Gasteiger partial charge in [-0.1, -0.05) is 24.4 Å². The third-order valence-electron chi connectivity index (χ3n) is 6.05. The van der Waals surface area contributed by atoms with E-state index in [1.54, 1.807) is 18.3 Å². The average Bonchev–Trinajstić information content (AvgIpc) is 3.40. The van der Waals surface area contributed by atoms with E-state index in [-0.39, 0.29) is 5.91 Å². The summed E-state index contributed by atoms with van der Waals surface area (Å²) in [7, 11) is 0. The molecule has 1 saturated carbocycles. The number of likely N-dealkylation sites (tertiary alicyclic amines) is 1. The second-order valence-electron chi connectivity index (χ2n) is 7.99. The van der Waals surface area contributed by atoms with Crippen LogP contribution >= 0.6 is 11.3 Å². The van der Waals surface area contributed by atoms with Crippen molar-refractivity contribution in [3.8, 4) is 0 Å². The molecule has 4 rings (SSSR count). The molecule has 2 aliphatic rings. The van der Waals surface area contributed by atoms with Crippen LogP contribution in [0.2, 0.25) is 0 Å². The normalized spacial score (nSPS) is 19.4. The second-order valence-corrected chi connectivity index (χ2v) is 8.96. The van der Waals surface area contributed by atoms with Gasteiger partial charge in [0, 0.05) is 49.6 Å². The third-order valence-corrected chi connectivity index (χ3v) is 6.82. The largest absolute Gasteiger partial charge is 0.343 e. The van der Waals surface area contributed by atoms with Crippen LogP contribution in [-0.2, 0) is 17.9 Å². The predicted octanol–water partition coefficient (Wildman–Crippen LogP) is 3.59. The van der Waals surface area contributed by atoms with Crippen LogP contribution in [0.1, 0.15) is 74.4 Å². The Hall–Kier alpha value is -1.80. The Balaban J connectivity index is 1.43. The fourth-order valence-corrected chi connectivity index (χ4v) is 5.03. The summed E-state index contributed by atoms with van der Waals surface area (Å²) in [5.41, 5.74) is 1.88. The smallest absolute Gasteiger partial charge is 0.229 e. The van der Waals surface area contributed by atoms with Crippen LogP contribution in [0.15, 0.2) is 16.2 Å². The Morgan fingerprint density at radius 3 is 2.68 bits per heavy atom. The molecule has 0 atom stereocenters. The van der Waals surface area contributed by atoms with Gasteiger partial charge >= 0.3 is 0 Å². The Labute approximate surface area is 170 Å². The monoisotopic (exact) mass is 403 g/mol. The van der Waals surface area contributed by atoms with Gasteiger partial charge in [-0.25, -0.2) is 0 Å². The maximum atomic E-state index is 11.6. The second kappa shape index (κ2) is 9.13. The summed E-state index contributed by atoms with van der Waals surface area (Å²) in [6.45, 7) is 4.81. The minimum atomic E-state index is 0.169. The minimum absolute atomic E-state index is 0.169. The van der Waals surface area contributed by atoms with E-state index in [1.807, 2.05) is 16.6 Å². The van der Waals surface area contributed by atoms with E-state index in [1.165, 1.54) is 24.1 Å². The first-order valence-corrected chi connectivity index (χ1v) is 11.3. The van der Waals surface area contributed by atoms with E-state index in [4.69, 9.17) is 9.51 Å². The van der Waals surface area contributed by atoms with Gasteiger partial charge in [0.05, 0.1) is 12.1 Å². The lowest BCUT2D eigenvalue weighted by atomic mass is 9.89. The standard InChI is InChI=1S/C20H29N5O2S/c1-15(26)24-9-7-17(8-10-24)25(12-18-11-21-14-28-18)13-19-22-20(27-23-19)16-5-3-2-4-6-16/h11,14,16-17H,2-10,12-13H2,1H3. The maximum absolute atomic E-state index is 11.6. The topological polar surface area (TPSA) is 75.4 Å². The van der Waals surface area contributed by atoms with Crippen molar-refractivity contribution in [2.24, 2.45) is 0 Å². The van der Waals surface area contributed by atoms with Gasteiger partial charge in [-0.05, 0) is 25.7 Å². The highest BCUT2D eigenvalue weighted by atomic mass is 32.1. The van der Waals surface area contributed by atoms with E-state index in [0.29, 0.717) is 18.5 Å². The van der Waals surface area contributed by atoms with Crippen LogP contribution in [0, 0.1) is 0 Å². The Morgan fingerprint density at radius 2 is 2.00 bits per heavy atom. The average molecular weight is 404 g/mol. The molecule has 2 aromatic rings. The number of carbonyl (C=O) groups is 1. The third kappa shape index (κ3) is 4.78. The molecule has 0 aromatic carbocycles. The molecule has 0 radical (unpaired) electrons. The zero-order valence-electron chi connectivity index (χ0n) is 16.5. The lowest BCUT2D eigenvalue weighted by Gasteiger charge is -2.37. The van der Waals surface area contributed by atoms with Crippen LogP contribution in [0.3, 0.4) is 0 Å². The van der Waals surface area contributed by atoms with Gasteiger partial charge in [-0.15, -0.1) is 11.3 Å². The fourth-order valence-electron chi connectivity index (χ4n) is 4.41. The lowest BCUT2D eigenvalue weighted by molar-refractivity contribution is -0.130. The van der Waals surface area contributed by atoms with Crippen molar-refractivity contribution in [3.63, 3.8) is 0 Å². The first-order valence-electron chi connectivity index (χ1n) is 10.4. The highest BCUT2D eigenvalue weighted by Crippen LogP contribution is 2.31. The van der Waals surface area contributed by atoms with Crippen LogP contribution < -0.4 is 0 Å². The van der Waals surface area contributed by atoms with Crippen molar-refractivity contribution in [2.45, 2.75) is 76.9 Å². The van der Waals surface area contributed by atoms with Crippen molar-refractivity contribution in [1.82, 2.24) is 24.9 Å². The molecule has 1 aliphatic heterocycles. The molecule has 1 saturated heterocycles. The fraction of sp³-hybridized carbons (Fsp3) is 0.700. The van der Waals surface area contributed by atoms with Crippen molar-refractivity contribution in [1.29, 1.82) is 0 Å². The SMILES string of the molecule is CC(=O)N1CCC(N(Cc2noc(C3CCCCC3)n2)Cc2cncs2)CC1. The van der Waals surface area contributed by atoms with Crippen molar-refractivity contribution in [3.05, 3.63) is 28.3 Å². The van der Waals surface area contributed by atoms with E-state index in [9.17, 15) is 4.79 Å². The first kappa shape index (κ1) is 19.5. The lowest BCUT2D eigenvalue weighted by Crippen LogP contribution is -2.45. The highest BCUT2D eigenvalue weighted by molar-refractivity contribution is 7.09. The van der Waals surface area contributed by atoms with Crippen LogP contribution in [0.4, 0.5) is 0 Å². The van der Waals surface area contributed by atoms with Gasteiger partial charge in [0.25, 0.3) is 0 Å². The number of hydrogen-bond acceptors (Lipinski definition) is 7. The highest BCUT2D eigenvalue weighted by Gasteiger charge is 2.28. The van der Waals surface area contributed by atoms with E-state index in [0.717, 1.165) is 57.0 Å². The van der Waals surface area contributed by atoms with Crippen LogP contribution in [0.5, 0.6) is 0 Å². The molecular formula is C20H29N5O2S. The molecule has 0 unspecified atom stereocenters. The van der Waals surface area contributed by atoms with Crippen LogP contribution in [-0.4, -0.2) is 50.0 Å². The zero-order valence-corrected chi connectivity index (χ0v) is 17.4. The van der Waals surface area contributed by atoms with Gasteiger partial charge in [0.15, 0.2) is 5.82 Å². The number of nitrogens with zero attached hydrogens (tertiary/aromatic N) is 5.